The lowest BCUT2D eigenvalue weighted by atomic mass is 10.1. The van der Waals surface area contributed by atoms with Gasteiger partial charge in [0.15, 0.2) is 0 Å². The van der Waals surface area contributed by atoms with E-state index in [9.17, 15) is 0 Å². The van der Waals surface area contributed by atoms with Crippen molar-refractivity contribution < 1.29 is 4.74 Å². The molecule has 0 aliphatic carbocycles. The Morgan fingerprint density at radius 1 is 1.47 bits per heavy atom. The Labute approximate surface area is 89.3 Å². The fourth-order valence-corrected chi connectivity index (χ4v) is 1.74. The normalized spacial score (nSPS) is 14.5. The summed E-state index contributed by atoms with van der Waals surface area (Å²) in [5.74, 6) is 0.917. The second-order valence-electron chi connectivity index (χ2n) is 3.44. The highest BCUT2D eigenvalue weighted by Crippen LogP contribution is 2.22. The van der Waals surface area contributed by atoms with Crippen LogP contribution in [0.25, 0.3) is 0 Å². The average Bonchev–Trinajstić information content (AvgIpc) is 2.29. The molecule has 5 heteroatoms. The summed E-state index contributed by atoms with van der Waals surface area (Å²) in [5, 5.41) is 6.54. The first kappa shape index (κ1) is 10.2. The Hall–Kier alpha value is -1.36. The van der Waals surface area contributed by atoms with Crippen LogP contribution in [0.15, 0.2) is 0 Å². The molecule has 0 fully saturated rings. The van der Waals surface area contributed by atoms with Crippen LogP contribution in [-0.4, -0.2) is 30.2 Å². The predicted molar refractivity (Wildman–Crippen MR) is 58.2 cm³/mol. The Kier molecular flexibility index (Phi) is 3.01. The van der Waals surface area contributed by atoms with Crippen molar-refractivity contribution in [1.29, 1.82) is 0 Å². The topological polar surface area (TPSA) is 59.1 Å². The monoisotopic (exact) mass is 208 g/mol. The van der Waals surface area contributed by atoms with E-state index in [1.165, 1.54) is 5.56 Å². The molecule has 2 rings (SSSR count). The minimum Gasteiger partial charge on any atom is -0.467 e. The van der Waals surface area contributed by atoms with Gasteiger partial charge in [0.25, 0.3) is 0 Å². The Morgan fingerprint density at radius 2 is 2.33 bits per heavy atom. The lowest BCUT2D eigenvalue weighted by molar-refractivity contribution is 0.376. The van der Waals surface area contributed by atoms with E-state index in [0.29, 0.717) is 6.01 Å². The van der Waals surface area contributed by atoms with Crippen LogP contribution >= 0.6 is 0 Å². The Bertz CT molecular complexity index is 354. The van der Waals surface area contributed by atoms with E-state index in [-0.39, 0.29) is 0 Å². The van der Waals surface area contributed by atoms with Gasteiger partial charge in [-0.1, -0.05) is 0 Å². The SMILES string of the molecule is CCNc1nc(OC)nc2c1CCNC2. The second kappa shape index (κ2) is 4.44. The highest BCUT2D eigenvalue weighted by Gasteiger charge is 2.17. The summed E-state index contributed by atoms with van der Waals surface area (Å²) in [6, 6.07) is 0.438. The summed E-state index contributed by atoms with van der Waals surface area (Å²) in [6.45, 7) is 4.70. The first-order valence-corrected chi connectivity index (χ1v) is 5.23. The summed E-state index contributed by atoms with van der Waals surface area (Å²) in [4.78, 5) is 8.66. The van der Waals surface area contributed by atoms with Gasteiger partial charge in [0.05, 0.1) is 12.8 Å². The highest BCUT2D eigenvalue weighted by molar-refractivity contribution is 5.48. The van der Waals surface area contributed by atoms with Crippen molar-refractivity contribution >= 4 is 5.82 Å². The summed E-state index contributed by atoms with van der Waals surface area (Å²) in [5.41, 5.74) is 2.26. The molecule has 82 valence electrons. The Morgan fingerprint density at radius 3 is 3.07 bits per heavy atom. The van der Waals surface area contributed by atoms with Crippen LogP contribution < -0.4 is 15.4 Å². The summed E-state index contributed by atoms with van der Waals surface area (Å²) >= 11 is 0. The molecule has 1 aliphatic rings. The molecular formula is C10H16N4O. The minimum atomic E-state index is 0.438. The summed E-state index contributed by atoms with van der Waals surface area (Å²) in [7, 11) is 1.59. The van der Waals surface area contributed by atoms with Crippen molar-refractivity contribution in [3.05, 3.63) is 11.3 Å². The van der Waals surface area contributed by atoms with Gasteiger partial charge in [-0.05, 0) is 19.9 Å². The zero-order valence-corrected chi connectivity index (χ0v) is 9.13. The highest BCUT2D eigenvalue weighted by atomic mass is 16.5. The third-order valence-electron chi connectivity index (χ3n) is 2.44. The first-order chi connectivity index (χ1) is 7.35. The second-order valence-corrected chi connectivity index (χ2v) is 3.44. The van der Waals surface area contributed by atoms with Crippen molar-refractivity contribution in [3.8, 4) is 6.01 Å². The van der Waals surface area contributed by atoms with Crippen molar-refractivity contribution in [2.24, 2.45) is 0 Å². The largest absolute Gasteiger partial charge is 0.467 e. The van der Waals surface area contributed by atoms with E-state index in [4.69, 9.17) is 4.74 Å². The number of aromatic nitrogens is 2. The van der Waals surface area contributed by atoms with Gasteiger partial charge in [0, 0.05) is 18.7 Å². The average molecular weight is 208 g/mol. The molecule has 0 amide bonds. The number of nitrogens with one attached hydrogen (secondary N) is 2. The quantitative estimate of drug-likeness (QED) is 0.760. The molecule has 1 aromatic heterocycles. The van der Waals surface area contributed by atoms with Crippen molar-refractivity contribution in [1.82, 2.24) is 15.3 Å². The molecule has 1 aromatic rings. The van der Waals surface area contributed by atoms with Crippen LogP contribution in [0, 0.1) is 0 Å². The maximum Gasteiger partial charge on any atom is 0.318 e. The molecule has 0 saturated carbocycles. The molecule has 1 aliphatic heterocycles. The molecule has 0 atom stereocenters. The van der Waals surface area contributed by atoms with Crippen molar-refractivity contribution in [2.75, 3.05) is 25.5 Å². The van der Waals surface area contributed by atoms with E-state index in [2.05, 4.69) is 27.5 Å². The molecule has 2 N–H and O–H groups in total. The van der Waals surface area contributed by atoms with Crippen LogP contribution in [0.1, 0.15) is 18.2 Å². The van der Waals surface area contributed by atoms with E-state index in [1.807, 2.05) is 0 Å². The number of rotatable bonds is 3. The molecular weight excluding hydrogens is 192 g/mol. The van der Waals surface area contributed by atoms with Gasteiger partial charge in [-0.2, -0.15) is 9.97 Å². The third kappa shape index (κ3) is 2.02. The van der Waals surface area contributed by atoms with Gasteiger partial charge < -0.3 is 15.4 Å². The van der Waals surface area contributed by atoms with Crippen LogP contribution in [-0.2, 0) is 13.0 Å². The number of hydrogen-bond acceptors (Lipinski definition) is 5. The van der Waals surface area contributed by atoms with Gasteiger partial charge in [0.2, 0.25) is 0 Å². The van der Waals surface area contributed by atoms with Crippen molar-refractivity contribution in [3.63, 3.8) is 0 Å². The molecule has 2 heterocycles. The molecule has 15 heavy (non-hydrogen) atoms. The standard InChI is InChI=1S/C10H16N4O/c1-3-12-9-7-4-5-11-6-8(7)13-10(14-9)15-2/h11H,3-6H2,1-2H3,(H,12,13,14). The lowest BCUT2D eigenvalue weighted by Crippen LogP contribution is -2.26. The van der Waals surface area contributed by atoms with E-state index in [1.54, 1.807) is 7.11 Å². The number of hydrogen-bond donors (Lipinski definition) is 2. The number of anilines is 1. The summed E-state index contributed by atoms with van der Waals surface area (Å²) < 4.78 is 5.08. The van der Waals surface area contributed by atoms with E-state index < -0.39 is 0 Å². The third-order valence-corrected chi connectivity index (χ3v) is 2.44. The number of fused-ring (bicyclic) bond motifs is 1. The van der Waals surface area contributed by atoms with Gasteiger partial charge in [0.1, 0.15) is 5.82 Å². The zero-order chi connectivity index (χ0) is 10.7. The molecule has 0 aromatic carbocycles. The van der Waals surface area contributed by atoms with Crippen LogP contribution in [0.5, 0.6) is 6.01 Å². The fourth-order valence-electron chi connectivity index (χ4n) is 1.74. The van der Waals surface area contributed by atoms with Gasteiger partial charge in [-0.25, -0.2) is 0 Å². The van der Waals surface area contributed by atoms with Crippen LogP contribution in [0.4, 0.5) is 5.82 Å². The molecule has 0 bridgehead atoms. The molecule has 0 saturated heterocycles. The maximum absolute atomic E-state index is 5.08. The molecule has 0 unspecified atom stereocenters. The number of methoxy groups -OCH3 is 1. The van der Waals surface area contributed by atoms with E-state index >= 15 is 0 Å². The smallest absolute Gasteiger partial charge is 0.318 e. The van der Waals surface area contributed by atoms with Gasteiger partial charge >= 0.3 is 6.01 Å². The fraction of sp³-hybridized carbons (Fsp3) is 0.600. The summed E-state index contributed by atoms with van der Waals surface area (Å²) in [6.07, 6.45) is 0.974. The molecule has 0 radical (unpaired) electrons. The predicted octanol–water partition coefficient (Wildman–Crippen LogP) is 0.563. The van der Waals surface area contributed by atoms with Gasteiger partial charge in [-0.15, -0.1) is 0 Å². The van der Waals surface area contributed by atoms with Crippen molar-refractivity contribution in [2.45, 2.75) is 19.9 Å². The maximum atomic E-state index is 5.08. The molecule has 5 nitrogen and oxygen atoms in total. The van der Waals surface area contributed by atoms with Crippen LogP contribution in [0.3, 0.4) is 0 Å². The van der Waals surface area contributed by atoms with E-state index in [0.717, 1.165) is 37.6 Å². The first-order valence-electron chi connectivity index (χ1n) is 5.23. The van der Waals surface area contributed by atoms with Crippen LogP contribution in [0.2, 0.25) is 0 Å². The molecule has 0 spiro atoms. The van der Waals surface area contributed by atoms with Gasteiger partial charge in [-0.3, -0.25) is 0 Å². The Balaban J connectivity index is 2.41. The zero-order valence-electron chi connectivity index (χ0n) is 9.13. The lowest BCUT2D eigenvalue weighted by Gasteiger charge is -2.19. The minimum absolute atomic E-state index is 0.438. The number of nitrogens with zero attached hydrogens (tertiary/aromatic N) is 2. The number of ether oxygens (including phenoxy) is 1.